The Balaban J connectivity index is 2.40. The number of unbranched alkanes of at least 4 members (excludes halogenated alkanes) is 1. The molecule has 4 nitrogen and oxygen atoms in total. The first kappa shape index (κ1) is 15.7. The summed E-state index contributed by atoms with van der Waals surface area (Å²) in [5.74, 6) is 0.739. The molecule has 0 atom stereocenters. The van der Waals surface area contributed by atoms with Gasteiger partial charge in [0.1, 0.15) is 11.4 Å². The molecule has 4 heteroatoms. The molecule has 2 aromatic heterocycles. The van der Waals surface area contributed by atoms with Gasteiger partial charge in [-0.2, -0.15) is 0 Å². The van der Waals surface area contributed by atoms with Gasteiger partial charge >= 0.3 is 0 Å². The number of benzene rings is 1. The van der Waals surface area contributed by atoms with Gasteiger partial charge in [0.2, 0.25) is 0 Å². The number of imidazole rings is 1. The van der Waals surface area contributed by atoms with E-state index in [1.54, 1.807) is 0 Å². The summed E-state index contributed by atoms with van der Waals surface area (Å²) in [6, 6.07) is 10.1. The van der Waals surface area contributed by atoms with Crippen LogP contribution in [-0.2, 0) is 13.0 Å². The molecule has 0 bridgehead atoms. The fourth-order valence-corrected chi connectivity index (χ4v) is 3.25. The van der Waals surface area contributed by atoms with Crippen molar-refractivity contribution in [1.29, 1.82) is 0 Å². The van der Waals surface area contributed by atoms with Crippen molar-refractivity contribution in [3.05, 3.63) is 46.2 Å². The Hall–Kier alpha value is -2.23. The lowest BCUT2D eigenvalue weighted by molar-refractivity contribution is 0.335. The Morgan fingerprint density at radius 2 is 1.83 bits per heavy atom. The fraction of sp³-hybridized carbons (Fsp3) is 0.421. The highest BCUT2D eigenvalue weighted by Gasteiger charge is 2.17. The van der Waals surface area contributed by atoms with Crippen LogP contribution in [0.15, 0.2) is 35.1 Å². The van der Waals surface area contributed by atoms with Crippen molar-refractivity contribution in [1.82, 2.24) is 8.97 Å². The number of ether oxygens (including phenoxy) is 1. The summed E-state index contributed by atoms with van der Waals surface area (Å²) in [7, 11) is 0. The maximum Gasteiger partial charge on any atom is 0.263 e. The molecule has 0 spiro atoms. The van der Waals surface area contributed by atoms with Gasteiger partial charge in [0.05, 0.1) is 23.2 Å². The number of nitrogens with zero attached hydrogens (tertiary/aromatic N) is 2. The summed E-state index contributed by atoms with van der Waals surface area (Å²) >= 11 is 0. The number of para-hydroxylation sites is 2. The van der Waals surface area contributed by atoms with Crippen LogP contribution in [0, 0.1) is 0 Å². The van der Waals surface area contributed by atoms with Crippen LogP contribution >= 0.6 is 0 Å². The van der Waals surface area contributed by atoms with E-state index in [1.165, 1.54) is 0 Å². The van der Waals surface area contributed by atoms with Crippen molar-refractivity contribution in [2.24, 2.45) is 0 Å². The number of pyridine rings is 1. The van der Waals surface area contributed by atoms with Crippen molar-refractivity contribution in [3.8, 4) is 5.75 Å². The average Bonchev–Trinajstić information content (AvgIpc) is 2.88. The minimum absolute atomic E-state index is 0.0581. The van der Waals surface area contributed by atoms with Gasteiger partial charge in [0.25, 0.3) is 5.56 Å². The van der Waals surface area contributed by atoms with E-state index in [1.807, 2.05) is 35.6 Å². The van der Waals surface area contributed by atoms with Crippen LogP contribution in [0.25, 0.3) is 16.7 Å². The highest BCUT2D eigenvalue weighted by Crippen LogP contribution is 2.25. The van der Waals surface area contributed by atoms with Gasteiger partial charge in [-0.1, -0.05) is 25.5 Å². The van der Waals surface area contributed by atoms with Crippen molar-refractivity contribution in [2.45, 2.75) is 46.6 Å². The van der Waals surface area contributed by atoms with E-state index < -0.39 is 0 Å². The van der Waals surface area contributed by atoms with Gasteiger partial charge in [0, 0.05) is 12.6 Å². The van der Waals surface area contributed by atoms with Crippen LogP contribution in [0.3, 0.4) is 0 Å². The molecule has 23 heavy (non-hydrogen) atoms. The molecule has 3 rings (SSSR count). The average molecular weight is 312 g/mol. The van der Waals surface area contributed by atoms with Crippen molar-refractivity contribution in [2.75, 3.05) is 6.61 Å². The number of aryl methyl sites for hydroxylation is 1. The Labute approximate surface area is 136 Å². The molecule has 0 aliphatic rings. The van der Waals surface area contributed by atoms with E-state index in [4.69, 9.17) is 4.74 Å². The van der Waals surface area contributed by atoms with Gasteiger partial charge in [-0.15, -0.1) is 0 Å². The number of aromatic nitrogens is 2. The Bertz CT molecular complexity index is 890. The normalized spacial score (nSPS) is 11.4. The minimum Gasteiger partial charge on any atom is -0.493 e. The van der Waals surface area contributed by atoms with Gasteiger partial charge in [-0.05, 0) is 38.8 Å². The second-order valence-electron chi connectivity index (χ2n) is 5.76. The summed E-state index contributed by atoms with van der Waals surface area (Å²) in [6.07, 6.45) is 2.82. The van der Waals surface area contributed by atoms with Crippen LogP contribution in [-0.4, -0.2) is 15.6 Å². The molecule has 0 unspecified atom stereocenters. The second kappa shape index (κ2) is 6.49. The monoisotopic (exact) mass is 312 g/mol. The van der Waals surface area contributed by atoms with Crippen LogP contribution in [0.1, 0.15) is 39.2 Å². The lowest BCUT2D eigenvalue weighted by Gasteiger charge is -2.11. The molecule has 0 aliphatic heterocycles. The predicted molar refractivity (Wildman–Crippen MR) is 94.6 cm³/mol. The number of hydrogen-bond acceptors (Lipinski definition) is 2. The van der Waals surface area contributed by atoms with Crippen LogP contribution < -0.4 is 10.3 Å². The maximum absolute atomic E-state index is 13.1. The molecule has 0 N–H and O–H groups in total. The second-order valence-corrected chi connectivity index (χ2v) is 5.76. The Morgan fingerprint density at radius 1 is 1.09 bits per heavy atom. The molecule has 122 valence electrons. The fourth-order valence-electron chi connectivity index (χ4n) is 3.25. The quantitative estimate of drug-likeness (QED) is 0.689. The van der Waals surface area contributed by atoms with Gasteiger partial charge in [0.15, 0.2) is 0 Å². The first-order valence-electron chi connectivity index (χ1n) is 8.51. The number of hydrogen-bond donors (Lipinski definition) is 0. The van der Waals surface area contributed by atoms with Gasteiger partial charge in [-0.25, -0.2) is 0 Å². The molecule has 0 fully saturated rings. The SMILES string of the molecule is CCCCc1c(OCC)cc2n(CC)c3ccccc3n2c1=O. The van der Waals surface area contributed by atoms with E-state index in [2.05, 4.69) is 24.5 Å². The maximum atomic E-state index is 13.1. The first-order valence-corrected chi connectivity index (χ1v) is 8.51. The topological polar surface area (TPSA) is 35.6 Å². The number of fused-ring (bicyclic) bond motifs is 3. The molecule has 0 saturated carbocycles. The summed E-state index contributed by atoms with van der Waals surface area (Å²) < 4.78 is 9.80. The van der Waals surface area contributed by atoms with Gasteiger partial charge in [-0.3, -0.25) is 9.20 Å². The number of rotatable bonds is 6. The third-order valence-electron chi connectivity index (χ3n) is 4.33. The summed E-state index contributed by atoms with van der Waals surface area (Å²) in [5.41, 5.74) is 3.81. The highest BCUT2D eigenvalue weighted by molar-refractivity contribution is 5.82. The zero-order valence-corrected chi connectivity index (χ0v) is 14.1. The molecule has 0 saturated heterocycles. The molecule has 0 radical (unpaired) electrons. The summed E-state index contributed by atoms with van der Waals surface area (Å²) in [4.78, 5) is 13.1. The standard InChI is InChI=1S/C19H24N2O2/c1-4-7-10-14-17(23-6-3)13-18-20(5-2)15-11-8-9-12-16(15)21(18)19(14)22/h8-9,11-13H,4-7,10H2,1-3H3. The molecule has 0 amide bonds. The highest BCUT2D eigenvalue weighted by atomic mass is 16.5. The summed E-state index contributed by atoms with van der Waals surface area (Å²) in [5, 5.41) is 0. The molecule has 0 aliphatic carbocycles. The predicted octanol–water partition coefficient (Wildman–Crippen LogP) is 4.02. The third kappa shape index (κ3) is 2.52. The van der Waals surface area contributed by atoms with Crippen LogP contribution in [0.5, 0.6) is 5.75 Å². The van der Waals surface area contributed by atoms with E-state index in [-0.39, 0.29) is 5.56 Å². The molecular weight excluding hydrogens is 288 g/mol. The van der Waals surface area contributed by atoms with Crippen molar-refractivity contribution in [3.63, 3.8) is 0 Å². The molecule has 3 aromatic rings. The van der Waals surface area contributed by atoms with E-state index in [9.17, 15) is 4.79 Å². The lowest BCUT2D eigenvalue weighted by atomic mass is 10.1. The molecular formula is C19H24N2O2. The van der Waals surface area contributed by atoms with E-state index in [0.29, 0.717) is 6.61 Å². The molecule has 1 aromatic carbocycles. The van der Waals surface area contributed by atoms with E-state index >= 15 is 0 Å². The molecule has 2 heterocycles. The lowest BCUT2D eigenvalue weighted by Crippen LogP contribution is -2.20. The smallest absolute Gasteiger partial charge is 0.263 e. The van der Waals surface area contributed by atoms with Crippen molar-refractivity contribution >= 4 is 16.7 Å². The van der Waals surface area contributed by atoms with E-state index in [0.717, 1.165) is 53.8 Å². The van der Waals surface area contributed by atoms with Gasteiger partial charge < -0.3 is 9.30 Å². The Kier molecular flexibility index (Phi) is 4.42. The minimum atomic E-state index is 0.0581. The van der Waals surface area contributed by atoms with Crippen molar-refractivity contribution < 1.29 is 4.74 Å². The largest absolute Gasteiger partial charge is 0.493 e. The summed E-state index contributed by atoms with van der Waals surface area (Å²) in [6.45, 7) is 7.58. The van der Waals surface area contributed by atoms with Crippen LogP contribution in [0.2, 0.25) is 0 Å². The first-order chi connectivity index (χ1) is 11.2. The third-order valence-corrected chi connectivity index (χ3v) is 4.33. The van der Waals surface area contributed by atoms with Crippen LogP contribution in [0.4, 0.5) is 0 Å². The zero-order chi connectivity index (χ0) is 16.4. The zero-order valence-electron chi connectivity index (χ0n) is 14.1. The Morgan fingerprint density at radius 3 is 2.48 bits per heavy atom.